The molecule has 1 aromatic rings. The standard InChI is InChI=1S/C14H21FN2O2S/c1-10-4-2-3-5-11(10)9-17-14-7-6-12(8-13(14)15)20(16,18)19/h6-8,10-11,17H,2-5,9H2,1H3,(H2,16,18,19). The molecule has 3 N–H and O–H groups in total. The van der Waals surface area contributed by atoms with Gasteiger partial charge >= 0.3 is 0 Å². The minimum absolute atomic E-state index is 0.202. The molecular formula is C14H21FN2O2S. The highest BCUT2D eigenvalue weighted by Gasteiger charge is 2.21. The van der Waals surface area contributed by atoms with Crippen molar-refractivity contribution in [3.63, 3.8) is 0 Å². The number of nitrogens with one attached hydrogen (secondary N) is 1. The van der Waals surface area contributed by atoms with E-state index in [2.05, 4.69) is 12.2 Å². The Morgan fingerprint density at radius 3 is 2.65 bits per heavy atom. The first-order valence-corrected chi connectivity index (χ1v) is 8.49. The SMILES string of the molecule is CC1CCCCC1CNc1ccc(S(N)(=O)=O)cc1F. The lowest BCUT2D eigenvalue weighted by atomic mass is 9.80. The average molecular weight is 300 g/mol. The maximum atomic E-state index is 13.8. The summed E-state index contributed by atoms with van der Waals surface area (Å²) in [6, 6.07) is 3.72. The second-order valence-electron chi connectivity index (χ2n) is 5.59. The van der Waals surface area contributed by atoms with Gasteiger partial charge in [-0.3, -0.25) is 0 Å². The molecule has 2 atom stereocenters. The third-order valence-electron chi connectivity index (χ3n) is 4.11. The van der Waals surface area contributed by atoms with E-state index in [-0.39, 0.29) is 4.90 Å². The van der Waals surface area contributed by atoms with E-state index >= 15 is 0 Å². The van der Waals surface area contributed by atoms with Crippen molar-refractivity contribution in [3.8, 4) is 0 Å². The van der Waals surface area contributed by atoms with Crippen LogP contribution in [0.2, 0.25) is 0 Å². The van der Waals surface area contributed by atoms with Crippen LogP contribution in [0.1, 0.15) is 32.6 Å². The lowest BCUT2D eigenvalue weighted by Gasteiger charge is -2.29. The second-order valence-corrected chi connectivity index (χ2v) is 7.15. The summed E-state index contributed by atoms with van der Waals surface area (Å²) < 4.78 is 36.1. The third-order valence-corrected chi connectivity index (χ3v) is 5.02. The number of hydrogen-bond acceptors (Lipinski definition) is 3. The van der Waals surface area contributed by atoms with E-state index in [1.54, 1.807) is 0 Å². The predicted molar refractivity (Wildman–Crippen MR) is 77.4 cm³/mol. The molecule has 0 spiro atoms. The van der Waals surface area contributed by atoms with Crippen molar-refractivity contribution >= 4 is 15.7 Å². The number of nitrogens with two attached hydrogens (primary N) is 1. The lowest BCUT2D eigenvalue weighted by Crippen LogP contribution is -2.24. The average Bonchev–Trinajstić information content (AvgIpc) is 2.38. The first kappa shape index (κ1) is 15.3. The van der Waals surface area contributed by atoms with Crippen LogP contribution in [0.5, 0.6) is 0 Å². The van der Waals surface area contributed by atoms with Gasteiger partial charge in [0.05, 0.1) is 10.6 Å². The van der Waals surface area contributed by atoms with Gasteiger partial charge in [0.2, 0.25) is 10.0 Å². The molecule has 1 saturated carbocycles. The molecule has 1 fully saturated rings. The Balaban J connectivity index is 2.03. The molecular weight excluding hydrogens is 279 g/mol. The first-order valence-electron chi connectivity index (χ1n) is 6.94. The molecule has 0 radical (unpaired) electrons. The van der Waals surface area contributed by atoms with Crippen LogP contribution in [-0.4, -0.2) is 15.0 Å². The molecule has 0 saturated heterocycles. The van der Waals surface area contributed by atoms with Crippen molar-refractivity contribution in [2.75, 3.05) is 11.9 Å². The molecule has 2 rings (SSSR count). The van der Waals surface area contributed by atoms with Crippen LogP contribution >= 0.6 is 0 Å². The zero-order chi connectivity index (χ0) is 14.8. The van der Waals surface area contributed by atoms with E-state index < -0.39 is 15.8 Å². The van der Waals surface area contributed by atoms with Gasteiger partial charge in [-0.05, 0) is 36.5 Å². The van der Waals surface area contributed by atoms with E-state index in [0.717, 1.165) is 12.5 Å². The Bertz CT molecular complexity index is 575. The van der Waals surface area contributed by atoms with Crippen LogP contribution in [-0.2, 0) is 10.0 Å². The van der Waals surface area contributed by atoms with Crippen LogP contribution in [0.25, 0.3) is 0 Å². The molecule has 6 heteroatoms. The Hall–Kier alpha value is -1.14. The van der Waals surface area contributed by atoms with Crippen molar-refractivity contribution in [1.29, 1.82) is 0 Å². The number of halogens is 1. The number of sulfonamides is 1. The van der Waals surface area contributed by atoms with Gasteiger partial charge in [-0.25, -0.2) is 17.9 Å². The maximum Gasteiger partial charge on any atom is 0.238 e. The highest BCUT2D eigenvalue weighted by Crippen LogP contribution is 2.30. The smallest absolute Gasteiger partial charge is 0.238 e. The Kier molecular flexibility index (Phi) is 4.65. The van der Waals surface area contributed by atoms with Crippen molar-refractivity contribution in [2.45, 2.75) is 37.5 Å². The molecule has 1 aliphatic carbocycles. The Morgan fingerprint density at radius 2 is 2.05 bits per heavy atom. The molecule has 0 aliphatic heterocycles. The molecule has 0 heterocycles. The largest absolute Gasteiger partial charge is 0.382 e. The summed E-state index contributed by atoms with van der Waals surface area (Å²) in [5.74, 6) is 0.601. The van der Waals surface area contributed by atoms with E-state index in [1.807, 2.05) is 0 Å². The zero-order valence-corrected chi connectivity index (χ0v) is 12.4. The van der Waals surface area contributed by atoms with Crippen LogP contribution in [0, 0.1) is 17.7 Å². The van der Waals surface area contributed by atoms with Crippen molar-refractivity contribution in [2.24, 2.45) is 17.0 Å². The fourth-order valence-electron chi connectivity index (χ4n) is 2.75. The van der Waals surface area contributed by atoms with Crippen molar-refractivity contribution in [1.82, 2.24) is 0 Å². The molecule has 1 aliphatic rings. The number of rotatable bonds is 4. The lowest BCUT2D eigenvalue weighted by molar-refractivity contribution is 0.268. The monoisotopic (exact) mass is 300 g/mol. The molecule has 20 heavy (non-hydrogen) atoms. The zero-order valence-electron chi connectivity index (χ0n) is 11.6. The van der Waals surface area contributed by atoms with Crippen LogP contribution in [0.15, 0.2) is 23.1 Å². The summed E-state index contributed by atoms with van der Waals surface area (Å²) in [5, 5.41) is 8.05. The van der Waals surface area contributed by atoms with Gasteiger partial charge < -0.3 is 5.32 Å². The second kappa shape index (κ2) is 6.10. The maximum absolute atomic E-state index is 13.8. The van der Waals surface area contributed by atoms with E-state index in [1.165, 1.54) is 31.4 Å². The molecule has 1 aromatic carbocycles. The summed E-state index contributed by atoms with van der Waals surface area (Å²) in [7, 11) is -3.85. The first-order chi connectivity index (χ1) is 9.38. The topological polar surface area (TPSA) is 72.2 Å². The van der Waals surface area contributed by atoms with Crippen molar-refractivity contribution in [3.05, 3.63) is 24.0 Å². The minimum atomic E-state index is -3.85. The molecule has 112 valence electrons. The number of benzene rings is 1. The fourth-order valence-corrected chi connectivity index (χ4v) is 3.28. The van der Waals surface area contributed by atoms with Gasteiger partial charge in [0.25, 0.3) is 0 Å². The highest BCUT2D eigenvalue weighted by molar-refractivity contribution is 7.89. The van der Waals surface area contributed by atoms with Gasteiger partial charge in [0, 0.05) is 6.54 Å². The van der Waals surface area contributed by atoms with E-state index in [0.29, 0.717) is 24.1 Å². The van der Waals surface area contributed by atoms with E-state index in [9.17, 15) is 12.8 Å². The summed E-state index contributed by atoms with van der Waals surface area (Å²) in [6.07, 6.45) is 4.88. The van der Waals surface area contributed by atoms with Gasteiger partial charge in [0.15, 0.2) is 0 Å². The van der Waals surface area contributed by atoms with Crippen molar-refractivity contribution < 1.29 is 12.8 Å². The fraction of sp³-hybridized carbons (Fsp3) is 0.571. The quantitative estimate of drug-likeness (QED) is 0.898. The molecule has 0 bridgehead atoms. The number of primary sulfonamides is 1. The summed E-state index contributed by atoms with van der Waals surface area (Å²) >= 11 is 0. The number of hydrogen-bond donors (Lipinski definition) is 2. The summed E-state index contributed by atoms with van der Waals surface area (Å²) in [4.78, 5) is -0.202. The minimum Gasteiger partial charge on any atom is -0.382 e. The summed E-state index contributed by atoms with van der Waals surface area (Å²) in [5.41, 5.74) is 0.329. The normalized spacial score (nSPS) is 23.6. The van der Waals surface area contributed by atoms with Gasteiger partial charge in [0.1, 0.15) is 5.82 Å². The summed E-state index contributed by atoms with van der Waals surface area (Å²) in [6.45, 7) is 2.94. The third kappa shape index (κ3) is 3.70. The Labute approximate surface area is 119 Å². The molecule has 2 unspecified atom stereocenters. The van der Waals surface area contributed by atoms with Crippen LogP contribution in [0.4, 0.5) is 10.1 Å². The van der Waals surface area contributed by atoms with Crippen LogP contribution < -0.4 is 10.5 Å². The van der Waals surface area contributed by atoms with Gasteiger partial charge in [-0.1, -0.05) is 26.2 Å². The van der Waals surface area contributed by atoms with E-state index in [4.69, 9.17) is 5.14 Å². The predicted octanol–water partition coefficient (Wildman–Crippen LogP) is 2.71. The highest BCUT2D eigenvalue weighted by atomic mass is 32.2. The Morgan fingerprint density at radius 1 is 1.35 bits per heavy atom. The van der Waals surface area contributed by atoms with Crippen LogP contribution in [0.3, 0.4) is 0 Å². The molecule has 0 amide bonds. The molecule has 4 nitrogen and oxygen atoms in total. The number of anilines is 1. The van der Waals surface area contributed by atoms with Gasteiger partial charge in [-0.2, -0.15) is 0 Å². The van der Waals surface area contributed by atoms with Gasteiger partial charge in [-0.15, -0.1) is 0 Å². The molecule has 0 aromatic heterocycles.